The van der Waals surface area contributed by atoms with E-state index in [1.807, 2.05) is 11.0 Å². The molecule has 4 nitrogen and oxygen atoms in total. The van der Waals surface area contributed by atoms with E-state index < -0.39 is 0 Å². The average Bonchev–Trinajstić information content (AvgIpc) is 2.46. The van der Waals surface area contributed by atoms with E-state index in [0.717, 1.165) is 39.0 Å². The Labute approximate surface area is 117 Å². The number of hydrogen-bond acceptors (Lipinski definition) is 3. The van der Waals surface area contributed by atoms with E-state index in [1.165, 1.54) is 0 Å². The van der Waals surface area contributed by atoms with Crippen LogP contribution in [0.3, 0.4) is 0 Å². The molecule has 0 aliphatic carbocycles. The number of piperidine rings is 1. The molecule has 2 fully saturated rings. The number of nitrogens with zero attached hydrogens (tertiary/aromatic N) is 1. The number of nitrogens with one attached hydrogen (secondary N) is 1. The van der Waals surface area contributed by atoms with Crippen molar-refractivity contribution in [3.63, 3.8) is 0 Å². The summed E-state index contributed by atoms with van der Waals surface area (Å²) < 4.78 is 6.30. The fraction of sp³-hybridized carbons (Fsp3) is 0.571. The predicted octanol–water partition coefficient (Wildman–Crippen LogP) is 2.39. The van der Waals surface area contributed by atoms with Gasteiger partial charge >= 0.3 is 0 Å². The third-order valence-electron chi connectivity index (χ3n) is 4.05. The summed E-state index contributed by atoms with van der Waals surface area (Å²) in [6.45, 7) is 2.44. The molecule has 0 saturated carbocycles. The van der Waals surface area contributed by atoms with Crippen LogP contribution in [0.5, 0.6) is 0 Å². The first kappa shape index (κ1) is 12.8. The Hall–Kier alpha value is -1.20. The number of hydrogen-bond donors (Lipinski definition) is 1. The minimum atomic E-state index is 0.0471. The molecule has 0 bridgehead atoms. The third kappa shape index (κ3) is 2.58. The molecule has 1 aromatic heterocycles. The van der Waals surface area contributed by atoms with Crippen molar-refractivity contribution < 1.29 is 9.53 Å². The number of aromatic nitrogens is 1. The highest BCUT2D eigenvalue weighted by atomic mass is 32.1. The second kappa shape index (κ2) is 5.43. The van der Waals surface area contributed by atoms with Gasteiger partial charge in [-0.3, -0.25) is 4.79 Å². The predicted molar refractivity (Wildman–Crippen MR) is 74.6 cm³/mol. The summed E-state index contributed by atoms with van der Waals surface area (Å²) in [5.74, 6) is 0.540. The van der Waals surface area contributed by atoms with Crippen LogP contribution in [0.25, 0.3) is 0 Å². The second-order valence-electron chi connectivity index (χ2n) is 5.26. The van der Waals surface area contributed by atoms with E-state index in [0.29, 0.717) is 22.2 Å². The largest absolute Gasteiger partial charge is 0.378 e. The highest BCUT2D eigenvalue weighted by molar-refractivity contribution is 7.71. The summed E-state index contributed by atoms with van der Waals surface area (Å²) >= 11 is 5.18. The lowest BCUT2D eigenvalue weighted by atomic mass is 9.88. The molecule has 2 aliphatic heterocycles. The molecule has 3 rings (SSSR count). The number of pyridine rings is 1. The third-order valence-corrected chi connectivity index (χ3v) is 4.39. The van der Waals surface area contributed by atoms with E-state index in [2.05, 4.69) is 4.98 Å². The Balaban J connectivity index is 1.75. The number of carbonyl (C=O) groups is 1. The lowest BCUT2D eigenvalue weighted by Gasteiger charge is -2.41. The van der Waals surface area contributed by atoms with Gasteiger partial charge in [0.25, 0.3) is 5.91 Å². The van der Waals surface area contributed by atoms with Crippen molar-refractivity contribution in [2.45, 2.75) is 25.4 Å². The Morgan fingerprint density at radius 3 is 3.21 bits per heavy atom. The molecule has 2 aliphatic rings. The van der Waals surface area contributed by atoms with E-state index >= 15 is 0 Å². The van der Waals surface area contributed by atoms with Crippen molar-refractivity contribution >= 4 is 18.1 Å². The summed E-state index contributed by atoms with van der Waals surface area (Å²) in [6, 6.07) is 3.62. The van der Waals surface area contributed by atoms with Gasteiger partial charge in [-0.2, -0.15) is 0 Å². The number of aromatic amines is 1. The zero-order valence-electron chi connectivity index (χ0n) is 10.8. The van der Waals surface area contributed by atoms with Gasteiger partial charge in [0, 0.05) is 31.8 Å². The Morgan fingerprint density at radius 1 is 1.47 bits per heavy atom. The summed E-state index contributed by atoms with van der Waals surface area (Å²) in [7, 11) is 0. The van der Waals surface area contributed by atoms with Gasteiger partial charge in [-0.05, 0) is 31.4 Å². The number of H-pyrrole nitrogens is 1. The van der Waals surface area contributed by atoms with Crippen molar-refractivity contribution in [1.82, 2.24) is 9.88 Å². The van der Waals surface area contributed by atoms with Crippen LogP contribution in [0, 0.1) is 10.6 Å². The number of fused-ring (bicyclic) bond motifs is 1. The maximum Gasteiger partial charge on any atom is 0.256 e. The molecule has 3 heterocycles. The first-order valence-electron chi connectivity index (χ1n) is 6.84. The van der Waals surface area contributed by atoms with E-state index in [1.54, 1.807) is 12.3 Å². The van der Waals surface area contributed by atoms with Gasteiger partial charge in [0.05, 0.1) is 11.7 Å². The van der Waals surface area contributed by atoms with Crippen LogP contribution in [0.15, 0.2) is 18.3 Å². The topological polar surface area (TPSA) is 45.3 Å². The van der Waals surface area contributed by atoms with Crippen LogP contribution in [0.4, 0.5) is 0 Å². The van der Waals surface area contributed by atoms with Gasteiger partial charge in [0.1, 0.15) is 4.64 Å². The highest BCUT2D eigenvalue weighted by Crippen LogP contribution is 2.28. The Bertz CT molecular complexity index is 528. The summed E-state index contributed by atoms with van der Waals surface area (Å²) in [6.07, 6.45) is 5.31. The first-order valence-corrected chi connectivity index (χ1v) is 7.25. The number of rotatable bonds is 1. The highest BCUT2D eigenvalue weighted by Gasteiger charge is 2.34. The Kier molecular flexibility index (Phi) is 3.66. The van der Waals surface area contributed by atoms with Crippen molar-refractivity contribution in [2.24, 2.45) is 5.92 Å². The molecular formula is C14H18N2O2S. The lowest BCUT2D eigenvalue weighted by Crippen LogP contribution is -2.48. The van der Waals surface area contributed by atoms with Gasteiger partial charge in [0.15, 0.2) is 0 Å². The number of likely N-dealkylation sites (tertiary alicyclic amines) is 1. The number of amides is 1. The Morgan fingerprint density at radius 2 is 2.37 bits per heavy atom. The molecule has 1 amide bonds. The van der Waals surface area contributed by atoms with Gasteiger partial charge in [-0.25, -0.2) is 0 Å². The summed E-state index contributed by atoms with van der Waals surface area (Å²) in [4.78, 5) is 17.3. The van der Waals surface area contributed by atoms with Crippen LogP contribution in [-0.4, -0.2) is 41.6 Å². The summed E-state index contributed by atoms with van der Waals surface area (Å²) in [5, 5.41) is 0. The van der Waals surface area contributed by atoms with Crippen LogP contribution in [-0.2, 0) is 4.74 Å². The normalized spacial score (nSPS) is 26.8. The van der Waals surface area contributed by atoms with Crippen LogP contribution < -0.4 is 0 Å². The molecule has 1 N–H and O–H groups in total. The van der Waals surface area contributed by atoms with Crippen molar-refractivity contribution in [2.75, 3.05) is 19.7 Å². The molecule has 5 heteroatoms. The second-order valence-corrected chi connectivity index (χ2v) is 5.67. The molecule has 1 aromatic rings. The molecule has 19 heavy (non-hydrogen) atoms. The quantitative estimate of drug-likeness (QED) is 0.802. The fourth-order valence-corrected chi connectivity index (χ4v) is 3.26. The molecule has 0 aromatic carbocycles. The molecule has 0 spiro atoms. The fourth-order valence-electron chi connectivity index (χ4n) is 3.03. The van der Waals surface area contributed by atoms with E-state index in [4.69, 9.17) is 17.0 Å². The minimum Gasteiger partial charge on any atom is -0.378 e. The zero-order valence-corrected chi connectivity index (χ0v) is 11.6. The van der Waals surface area contributed by atoms with Gasteiger partial charge in [-0.1, -0.05) is 12.2 Å². The van der Waals surface area contributed by atoms with E-state index in [-0.39, 0.29) is 5.91 Å². The molecular weight excluding hydrogens is 260 g/mol. The van der Waals surface area contributed by atoms with Gasteiger partial charge in [-0.15, -0.1) is 0 Å². The summed E-state index contributed by atoms with van der Waals surface area (Å²) in [5.41, 5.74) is 0.604. The SMILES string of the molecule is O=C(c1ccc[nH]c1=S)N1CCC2OCCCC2C1. The smallest absolute Gasteiger partial charge is 0.256 e. The lowest BCUT2D eigenvalue weighted by molar-refractivity contribution is -0.0607. The first-order chi connectivity index (χ1) is 9.25. The molecule has 102 valence electrons. The minimum absolute atomic E-state index is 0.0471. The van der Waals surface area contributed by atoms with Gasteiger partial charge in [0.2, 0.25) is 0 Å². The van der Waals surface area contributed by atoms with E-state index in [9.17, 15) is 4.79 Å². The average molecular weight is 278 g/mol. The molecule has 2 unspecified atom stereocenters. The van der Waals surface area contributed by atoms with Crippen LogP contribution in [0.2, 0.25) is 0 Å². The maximum atomic E-state index is 12.5. The number of ether oxygens (including phenoxy) is 1. The van der Waals surface area contributed by atoms with Crippen molar-refractivity contribution in [3.05, 3.63) is 28.5 Å². The molecule has 2 atom stereocenters. The maximum absolute atomic E-state index is 12.5. The monoisotopic (exact) mass is 278 g/mol. The van der Waals surface area contributed by atoms with Crippen molar-refractivity contribution in [1.29, 1.82) is 0 Å². The van der Waals surface area contributed by atoms with Crippen LogP contribution in [0.1, 0.15) is 29.6 Å². The standard InChI is InChI=1S/C14H18N2O2S/c17-14(11-4-1-6-15-13(11)19)16-7-5-12-10(9-16)3-2-8-18-12/h1,4,6,10,12H,2-3,5,7-9H2,(H,15,19). The molecule has 2 saturated heterocycles. The van der Waals surface area contributed by atoms with Gasteiger partial charge < -0.3 is 14.6 Å². The van der Waals surface area contributed by atoms with Crippen molar-refractivity contribution in [3.8, 4) is 0 Å². The number of carbonyl (C=O) groups excluding carboxylic acids is 1. The van der Waals surface area contributed by atoms with Crippen LogP contribution >= 0.6 is 12.2 Å². The molecule has 0 radical (unpaired) electrons. The zero-order chi connectivity index (χ0) is 13.2.